The minimum atomic E-state index is -0.643. The summed E-state index contributed by atoms with van der Waals surface area (Å²) in [6.07, 6.45) is 0.876. The van der Waals surface area contributed by atoms with Crippen LogP contribution in [0.5, 0.6) is 5.75 Å². The van der Waals surface area contributed by atoms with Gasteiger partial charge in [-0.15, -0.1) is 0 Å². The number of nitrogens with one attached hydrogen (secondary N) is 1. The van der Waals surface area contributed by atoms with Gasteiger partial charge in [0.2, 0.25) is 0 Å². The van der Waals surface area contributed by atoms with Gasteiger partial charge in [-0.2, -0.15) is 11.8 Å². The van der Waals surface area contributed by atoms with E-state index in [-0.39, 0.29) is 29.2 Å². The molecule has 0 radical (unpaired) electrons. The zero-order valence-electron chi connectivity index (χ0n) is 20.5. The van der Waals surface area contributed by atoms with Crippen LogP contribution in [0.2, 0.25) is 0 Å². The van der Waals surface area contributed by atoms with Crippen molar-refractivity contribution in [2.75, 3.05) is 25.2 Å². The number of halogens is 2. The minimum absolute atomic E-state index is 0.0514. The Balaban J connectivity index is 1.75. The van der Waals surface area contributed by atoms with Gasteiger partial charge in [0.05, 0.1) is 17.2 Å². The number of carbonyl (C=O) groups is 2. The number of esters is 1. The lowest BCUT2D eigenvalue weighted by Gasteiger charge is -2.37. The number of hydrogen-bond donors (Lipinski definition) is 1. The maximum absolute atomic E-state index is 14.1. The van der Waals surface area contributed by atoms with Gasteiger partial charge in [0.15, 0.2) is 5.78 Å². The zero-order valence-corrected chi connectivity index (χ0v) is 22.9. The molecule has 2 aromatic carbocycles. The first-order valence-electron chi connectivity index (χ1n) is 11.9. The van der Waals surface area contributed by atoms with Crippen molar-refractivity contribution in [1.29, 1.82) is 0 Å². The van der Waals surface area contributed by atoms with Crippen LogP contribution in [0.1, 0.15) is 49.7 Å². The monoisotopic (exact) mass is 573 g/mol. The van der Waals surface area contributed by atoms with Gasteiger partial charge in [-0.05, 0) is 64.4 Å². The number of rotatable bonds is 8. The number of dihydropyridines is 1. The molecular formula is C28H29BrFNO4S. The Morgan fingerprint density at radius 3 is 2.72 bits per heavy atom. The zero-order chi connectivity index (χ0) is 25.8. The van der Waals surface area contributed by atoms with Gasteiger partial charge in [0.1, 0.15) is 18.2 Å². The van der Waals surface area contributed by atoms with Crippen molar-refractivity contribution in [2.24, 2.45) is 0 Å². The topological polar surface area (TPSA) is 64.6 Å². The van der Waals surface area contributed by atoms with Gasteiger partial charge in [-0.1, -0.05) is 31.2 Å². The number of ether oxygens (including phenoxy) is 2. The Hall–Kier alpha value is -2.58. The summed E-state index contributed by atoms with van der Waals surface area (Å²) in [5.74, 6) is 0.749. The average molecular weight is 575 g/mol. The molecule has 1 aliphatic carbocycles. The van der Waals surface area contributed by atoms with E-state index in [2.05, 4.69) is 21.2 Å². The second-order valence-electron chi connectivity index (χ2n) is 8.77. The van der Waals surface area contributed by atoms with Crippen molar-refractivity contribution in [3.8, 4) is 5.75 Å². The van der Waals surface area contributed by atoms with E-state index in [1.807, 2.05) is 38.1 Å². The third-order valence-corrected chi connectivity index (χ3v) is 8.04. The van der Waals surface area contributed by atoms with Gasteiger partial charge in [0, 0.05) is 41.0 Å². The predicted octanol–water partition coefficient (Wildman–Crippen LogP) is 6.25. The number of ketones is 1. The summed E-state index contributed by atoms with van der Waals surface area (Å²) >= 11 is 4.95. The molecule has 190 valence electrons. The second-order valence-corrected chi connectivity index (χ2v) is 11.0. The standard InChI is InChI=1S/C28H29BrFNO4S/c1-4-36-12-11-35-28(33)25-16(2)31-22-14-18(19-7-5-6-8-24(19)34-3)15-23(32)27(22)26(25)17-9-10-21(30)20(29)13-17/h5-10,13,18,26,31H,4,11-12,14-15H2,1-3H3. The molecule has 0 spiro atoms. The highest BCUT2D eigenvalue weighted by molar-refractivity contribution is 9.10. The maximum atomic E-state index is 14.1. The molecule has 0 saturated carbocycles. The van der Waals surface area contributed by atoms with E-state index in [0.717, 1.165) is 22.8 Å². The molecule has 0 bridgehead atoms. The van der Waals surface area contributed by atoms with Crippen LogP contribution >= 0.6 is 27.7 Å². The molecule has 2 atom stereocenters. The molecular weight excluding hydrogens is 545 g/mol. The van der Waals surface area contributed by atoms with Crippen LogP contribution in [-0.2, 0) is 14.3 Å². The fraction of sp³-hybridized carbons (Fsp3) is 0.357. The van der Waals surface area contributed by atoms with Gasteiger partial charge < -0.3 is 14.8 Å². The van der Waals surface area contributed by atoms with Crippen LogP contribution in [0, 0.1) is 5.82 Å². The molecule has 2 unspecified atom stereocenters. The van der Waals surface area contributed by atoms with Crippen molar-refractivity contribution < 1.29 is 23.5 Å². The van der Waals surface area contributed by atoms with Gasteiger partial charge in [-0.3, -0.25) is 4.79 Å². The molecule has 36 heavy (non-hydrogen) atoms. The smallest absolute Gasteiger partial charge is 0.336 e. The van der Waals surface area contributed by atoms with E-state index in [1.54, 1.807) is 31.0 Å². The Kier molecular flexibility index (Phi) is 8.57. The molecule has 0 fully saturated rings. The van der Waals surface area contributed by atoms with E-state index >= 15 is 0 Å². The minimum Gasteiger partial charge on any atom is -0.496 e. The van der Waals surface area contributed by atoms with Crippen molar-refractivity contribution in [1.82, 2.24) is 5.32 Å². The third-order valence-electron chi connectivity index (χ3n) is 6.57. The summed E-state index contributed by atoms with van der Waals surface area (Å²) in [5.41, 5.74) is 3.99. The van der Waals surface area contributed by atoms with Crippen molar-refractivity contribution in [3.63, 3.8) is 0 Å². The van der Waals surface area contributed by atoms with Gasteiger partial charge in [-0.25, -0.2) is 9.18 Å². The molecule has 0 amide bonds. The number of carbonyl (C=O) groups excluding carboxylic acids is 2. The molecule has 0 aromatic heterocycles. The fourth-order valence-electron chi connectivity index (χ4n) is 4.97. The number of hydrogen-bond acceptors (Lipinski definition) is 6. The number of para-hydroxylation sites is 1. The summed E-state index contributed by atoms with van der Waals surface area (Å²) < 4.78 is 25.5. The lowest BCUT2D eigenvalue weighted by atomic mass is 9.71. The van der Waals surface area contributed by atoms with Crippen LogP contribution in [0.15, 0.2) is 69.5 Å². The molecule has 4 rings (SSSR count). The normalized spacial score (nSPS) is 19.6. The third kappa shape index (κ3) is 5.39. The summed E-state index contributed by atoms with van der Waals surface area (Å²) in [6, 6.07) is 12.4. The molecule has 1 aliphatic heterocycles. The fourth-order valence-corrected chi connectivity index (χ4v) is 5.86. The first kappa shape index (κ1) is 26.5. The number of methoxy groups -OCH3 is 1. The first-order chi connectivity index (χ1) is 17.3. The van der Waals surface area contributed by atoms with Crippen LogP contribution in [-0.4, -0.2) is 37.0 Å². The van der Waals surface area contributed by atoms with E-state index in [4.69, 9.17) is 9.47 Å². The van der Waals surface area contributed by atoms with Crippen molar-refractivity contribution >= 4 is 39.4 Å². The Labute approximate surface area is 223 Å². The Morgan fingerprint density at radius 2 is 2.00 bits per heavy atom. The highest BCUT2D eigenvalue weighted by Crippen LogP contribution is 2.47. The average Bonchev–Trinajstić information content (AvgIpc) is 2.87. The van der Waals surface area contributed by atoms with Crippen LogP contribution in [0.4, 0.5) is 4.39 Å². The van der Waals surface area contributed by atoms with Gasteiger partial charge in [0.25, 0.3) is 0 Å². The second kappa shape index (κ2) is 11.6. The SMILES string of the molecule is CCSCCOC(=O)C1=C(C)NC2=C(C(=O)CC(c3ccccc3OC)C2)C1c1ccc(F)c(Br)c1. The highest BCUT2D eigenvalue weighted by atomic mass is 79.9. The largest absolute Gasteiger partial charge is 0.496 e. The maximum Gasteiger partial charge on any atom is 0.336 e. The van der Waals surface area contributed by atoms with E-state index in [9.17, 15) is 14.0 Å². The van der Waals surface area contributed by atoms with Crippen molar-refractivity contribution in [3.05, 3.63) is 86.4 Å². The van der Waals surface area contributed by atoms with Crippen molar-refractivity contribution in [2.45, 2.75) is 38.5 Å². The molecule has 5 nitrogen and oxygen atoms in total. The summed E-state index contributed by atoms with van der Waals surface area (Å²) in [5, 5.41) is 3.35. The predicted molar refractivity (Wildman–Crippen MR) is 144 cm³/mol. The molecule has 0 saturated heterocycles. The number of allylic oxidation sites excluding steroid dienone is 3. The lowest BCUT2D eigenvalue weighted by molar-refractivity contribution is -0.138. The van der Waals surface area contributed by atoms with E-state index < -0.39 is 17.7 Å². The number of Topliss-reactive ketones (excluding diaryl/α,β-unsaturated/α-hetero) is 1. The molecule has 2 aliphatic rings. The van der Waals surface area contributed by atoms with Crippen LogP contribution < -0.4 is 10.1 Å². The summed E-state index contributed by atoms with van der Waals surface area (Å²) in [7, 11) is 1.62. The first-order valence-corrected chi connectivity index (χ1v) is 13.9. The summed E-state index contributed by atoms with van der Waals surface area (Å²) in [6.45, 7) is 4.15. The van der Waals surface area contributed by atoms with Gasteiger partial charge >= 0.3 is 5.97 Å². The molecule has 2 aromatic rings. The lowest BCUT2D eigenvalue weighted by Crippen LogP contribution is -2.36. The molecule has 8 heteroatoms. The number of benzene rings is 2. The molecule has 1 N–H and O–H groups in total. The van der Waals surface area contributed by atoms with Crippen LogP contribution in [0.3, 0.4) is 0 Å². The van der Waals surface area contributed by atoms with E-state index in [0.29, 0.717) is 34.6 Å². The summed E-state index contributed by atoms with van der Waals surface area (Å²) in [4.78, 5) is 27.0. The molecule has 1 heterocycles. The quantitative estimate of drug-likeness (QED) is 0.297. The van der Waals surface area contributed by atoms with E-state index in [1.165, 1.54) is 6.07 Å². The highest BCUT2D eigenvalue weighted by Gasteiger charge is 2.42. The Bertz CT molecular complexity index is 1240. The Morgan fingerprint density at radius 1 is 1.22 bits per heavy atom. The number of thioether (sulfide) groups is 1. The van der Waals surface area contributed by atoms with Crippen LogP contribution in [0.25, 0.3) is 0 Å².